The highest BCUT2D eigenvalue weighted by molar-refractivity contribution is 7.89. The zero-order valence-corrected chi connectivity index (χ0v) is 22.0. The third kappa shape index (κ3) is 6.89. The van der Waals surface area contributed by atoms with Crippen LogP contribution in [0.1, 0.15) is 29.2 Å². The molecule has 0 fully saturated rings. The van der Waals surface area contributed by atoms with Gasteiger partial charge >= 0.3 is 0 Å². The first kappa shape index (κ1) is 27.8. The zero-order valence-electron chi connectivity index (χ0n) is 20.3. The summed E-state index contributed by atoms with van der Waals surface area (Å²) in [5, 5.41) is 10.9. The molecule has 7 nitrogen and oxygen atoms in total. The molecular weight excluding hydrogens is 498 g/mol. The lowest BCUT2D eigenvalue weighted by Crippen LogP contribution is -2.45. The number of nitrogens with zero attached hydrogens (tertiary/aromatic N) is 1. The number of benzene rings is 3. The Hall–Kier alpha value is -2.82. The van der Waals surface area contributed by atoms with Gasteiger partial charge in [0.25, 0.3) is 10.1 Å². The molecule has 1 N–H and O–H groups in total. The highest BCUT2D eigenvalue weighted by atomic mass is 32.2. The average Bonchev–Trinajstić information content (AvgIpc) is 2.86. The highest BCUT2D eigenvalue weighted by Crippen LogP contribution is 2.26. The van der Waals surface area contributed by atoms with Crippen molar-refractivity contribution in [3.05, 3.63) is 108 Å². The van der Waals surface area contributed by atoms with E-state index in [-0.39, 0.29) is 22.8 Å². The molecule has 9 heteroatoms. The van der Waals surface area contributed by atoms with Gasteiger partial charge in [-0.2, -0.15) is 12.7 Å². The summed E-state index contributed by atoms with van der Waals surface area (Å²) in [4.78, 5) is 0.00605. The third-order valence-electron chi connectivity index (χ3n) is 5.74. The summed E-state index contributed by atoms with van der Waals surface area (Å²) in [5.41, 5.74) is 2.32. The monoisotopic (exact) mass is 529 g/mol. The van der Waals surface area contributed by atoms with Crippen molar-refractivity contribution >= 4 is 20.1 Å². The van der Waals surface area contributed by atoms with Crippen LogP contribution in [0, 0.1) is 13.8 Å². The number of hydrogen-bond donors (Lipinski definition) is 1. The van der Waals surface area contributed by atoms with Crippen molar-refractivity contribution in [2.45, 2.75) is 42.2 Å². The quantitative estimate of drug-likeness (QED) is 0.276. The smallest absolute Gasteiger partial charge is 0.297 e. The van der Waals surface area contributed by atoms with E-state index in [1.165, 1.54) is 30.3 Å². The second-order valence-corrected chi connectivity index (χ2v) is 12.1. The Labute approximate surface area is 213 Å². The summed E-state index contributed by atoms with van der Waals surface area (Å²) < 4.78 is 59.5. The maximum Gasteiger partial charge on any atom is 0.297 e. The van der Waals surface area contributed by atoms with Gasteiger partial charge in [-0.05, 0) is 50.1 Å². The molecule has 0 aromatic heterocycles. The van der Waals surface area contributed by atoms with Crippen molar-refractivity contribution in [3.63, 3.8) is 0 Å². The van der Waals surface area contributed by atoms with Crippen LogP contribution in [0.5, 0.6) is 0 Å². The van der Waals surface area contributed by atoms with Gasteiger partial charge in [0.2, 0.25) is 10.0 Å². The third-order valence-corrected chi connectivity index (χ3v) is 8.96. The molecule has 0 spiro atoms. The van der Waals surface area contributed by atoms with Crippen molar-refractivity contribution in [3.8, 4) is 0 Å². The molecule has 3 aromatic carbocycles. The normalized spacial score (nSPS) is 13.9. The van der Waals surface area contributed by atoms with E-state index in [0.717, 1.165) is 15.4 Å². The van der Waals surface area contributed by atoms with Crippen LogP contribution in [-0.2, 0) is 24.3 Å². The van der Waals surface area contributed by atoms with Crippen LogP contribution in [-0.4, -0.2) is 45.4 Å². The summed E-state index contributed by atoms with van der Waals surface area (Å²) in [6.45, 7) is 6.64. The Kier molecular flexibility index (Phi) is 9.21. The molecule has 0 saturated heterocycles. The Morgan fingerprint density at radius 1 is 0.861 bits per heavy atom. The van der Waals surface area contributed by atoms with Crippen molar-refractivity contribution in [2.24, 2.45) is 0 Å². The van der Waals surface area contributed by atoms with Crippen LogP contribution in [0.4, 0.5) is 0 Å². The van der Waals surface area contributed by atoms with Crippen molar-refractivity contribution in [1.29, 1.82) is 0 Å². The van der Waals surface area contributed by atoms with E-state index in [1.54, 1.807) is 54.6 Å². The topological polar surface area (TPSA) is 101 Å². The molecule has 192 valence electrons. The van der Waals surface area contributed by atoms with E-state index in [9.17, 15) is 21.9 Å². The van der Waals surface area contributed by atoms with E-state index >= 15 is 0 Å². The molecule has 0 aliphatic rings. The molecule has 0 radical (unpaired) electrons. The summed E-state index contributed by atoms with van der Waals surface area (Å²) in [6.07, 6.45) is 0.460. The number of aliphatic hydroxyl groups excluding tert-OH is 1. The molecule has 0 saturated carbocycles. The van der Waals surface area contributed by atoms with Gasteiger partial charge in [-0.3, -0.25) is 4.18 Å². The summed E-state index contributed by atoms with van der Waals surface area (Å²) >= 11 is 0. The highest BCUT2D eigenvalue weighted by Gasteiger charge is 2.34. The largest absolute Gasteiger partial charge is 0.387 e. The summed E-state index contributed by atoms with van der Waals surface area (Å²) in [6, 6.07) is 20.3. The minimum atomic E-state index is -4.14. The second kappa shape index (κ2) is 11.9. The lowest BCUT2D eigenvalue weighted by atomic mass is 10.1. The van der Waals surface area contributed by atoms with E-state index < -0.39 is 38.9 Å². The average molecular weight is 530 g/mol. The Bertz CT molecular complexity index is 1350. The first-order chi connectivity index (χ1) is 17.0. The molecule has 2 atom stereocenters. The molecule has 0 aliphatic carbocycles. The minimum absolute atomic E-state index is 0.0253. The number of aryl methyl sites for hydroxylation is 2. The predicted molar refractivity (Wildman–Crippen MR) is 139 cm³/mol. The second-order valence-electron chi connectivity index (χ2n) is 8.54. The van der Waals surface area contributed by atoms with E-state index in [1.807, 2.05) is 13.8 Å². The van der Waals surface area contributed by atoms with Crippen molar-refractivity contribution in [1.82, 2.24) is 4.31 Å². The first-order valence-corrected chi connectivity index (χ1v) is 14.3. The molecule has 0 bridgehead atoms. The fourth-order valence-corrected chi connectivity index (χ4v) is 6.21. The van der Waals surface area contributed by atoms with Crippen molar-refractivity contribution < 1.29 is 26.1 Å². The summed E-state index contributed by atoms with van der Waals surface area (Å²) in [5.74, 6) is 0. The number of sulfonamides is 1. The van der Waals surface area contributed by atoms with Gasteiger partial charge in [0.05, 0.1) is 28.5 Å². The number of aliphatic hydroxyl groups is 1. The molecule has 0 amide bonds. The van der Waals surface area contributed by atoms with Gasteiger partial charge < -0.3 is 5.11 Å². The van der Waals surface area contributed by atoms with Crippen LogP contribution in [0.25, 0.3) is 0 Å². The molecule has 0 aliphatic heterocycles. The van der Waals surface area contributed by atoms with E-state index in [4.69, 9.17) is 4.18 Å². The molecule has 0 unspecified atom stereocenters. The predicted octanol–water partition coefficient (Wildman–Crippen LogP) is 4.38. The van der Waals surface area contributed by atoms with Crippen molar-refractivity contribution in [2.75, 3.05) is 13.2 Å². The van der Waals surface area contributed by atoms with Gasteiger partial charge in [0.15, 0.2) is 0 Å². The van der Waals surface area contributed by atoms with Gasteiger partial charge in [0, 0.05) is 6.54 Å². The van der Waals surface area contributed by atoms with Crippen LogP contribution < -0.4 is 0 Å². The lowest BCUT2D eigenvalue weighted by Gasteiger charge is -2.32. The fraction of sp³-hybridized carbons (Fsp3) is 0.259. The minimum Gasteiger partial charge on any atom is -0.387 e. The van der Waals surface area contributed by atoms with E-state index in [2.05, 4.69) is 6.58 Å². The maximum atomic E-state index is 13.7. The van der Waals surface area contributed by atoms with Gasteiger partial charge in [-0.1, -0.05) is 71.8 Å². The van der Waals surface area contributed by atoms with Gasteiger partial charge in [0.1, 0.15) is 0 Å². The first-order valence-electron chi connectivity index (χ1n) is 11.4. The lowest BCUT2D eigenvalue weighted by molar-refractivity contribution is 0.118. The number of rotatable bonds is 12. The SMILES string of the molecule is C=CC[C@@H](COS(=O)(=O)c1ccc(C)cc1)N(C[C@H](O)c1ccccc1)S(=O)(=O)c1ccc(C)cc1. The molecular formula is C27H31NO6S2. The number of hydrogen-bond acceptors (Lipinski definition) is 6. The van der Waals surface area contributed by atoms with E-state index in [0.29, 0.717) is 5.56 Å². The zero-order chi connectivity index (χ0) is 26.3. The van der Waals surface area contributed by atoms with Crippen LogP contribution in [0.15, 0.2) is 101 Å². The Balaban J connectivity index is 1.96. The summed E-state index contributed by atoms with van der Waals surface area (Å²) in [7, 11) is -8.27. The molecule has 3 aromatic rings. The Morgan fingerprint density at radius 3 is 1.92 bits per heavy atom. The molecule has 36 heavy (non-hydrogen) atoms. The molecule has 0 heterocycles. The fourth-order valence-electron chi connectivity index (χ4n) is 3.64. The maximum absolute atomic E-state index is 13.7. The Morgan fingerprint density at radius 2 is 1.39 bits per heavy atom. The van der Waals surface area contributed by atoms with Gasteiger partial charge in [-0.15, -0.1) is 6.58 Å². The van der Waals surface area contributed by atoms with Gasteiger partial charge in [-0.25, -0.2) is 8.42 Å². The van der Waals surface area contributed by atoms with Crippen LogP contribution in [0.3, 0.4) is 0 Å². The molecule has 3 rings (SSSR count). The standard InChI is InChI=1S/C27H31NO6S2/c1-4-8-24(20-34-36(32,33)26-17-13-22(3)14-18-26)28(19-27(29)23-9-6-5-7-10-23)35(30,31)25-15-11-21(2)12-16-25/h4-7,9-18,24,27,29H,1,8,19-20H2,2-3H3/t24-,27-/m0/s1. The van der Waals surface area contributed by atoms with Crippen LogP contribution >= 0.6 is 0 Å². The van der Waals surface area contributed by atoms with Crippen LogP contribution in [0.2, 0.25) is 0 Å².